The van der Waals surface area contributed by atoms with Gasteiger partial charge >= 0.3 is 5.97 Å². The van der Waals surface area contributed by atoms with Gasteiger partial charge < -0.3 is 4.74 Å². The van der Waals surface area contributed by atoms with Crippen LogP contribution in [0.15, 0.2) is 22.7 Å². The SMILES string of the molecule is CCC1(C(=O)OC)Cc2ccc(Br)cc2C1=O. The van der Waals surface area contributed by atoms with E-state index < -0.39 is 11.4 Å². The smallest absolute Gasteiger partial charge is 0.320 e. The second-order valence-electron chi connectivity index (χ2n) is 4.23. The molecule has 0 aromatic heterocycles. The second-order valence-corrected chi connectivity index (χ2v) is 5.15. The fourth-order valence-electron chi connectivity index (χ4n) is 2.37. The summed E-state index contributed by atoms with van der Waals surface area (Å²) in [5, 5.41) is 0. The van der Waals surface area contributed by atoms with Gasteiger partial charge in [0.1, 0.15) is 5.41 Å². The predicted molar refractivity (Wildman–Crippen MR) is 66.9 cm³/mol. The minimum Gasteiger partial charge on any atom is -0.468 e. The first-order valence-electron chi connectivity index (χ1n) is 5.47. The van der Waals surface area contributed by atoms with Crippen LogP contribution in [0.2, 0.25) is 0 Å². The van der Waals surface area contributed by atoms with Crippen molar-refractivity contribution in [1.29, 1.82) is 0 Å². The standard InChI is InChI=1S/C13H13BrO3/c1-3-13(12(16)17-2)7-8-4-5-9(14)6-10(8)11(13)15/h4-6H,3,7H2,1-2H3. The summed E-state index contributed by atoms with van der Waals surface area (Å²) in [6.45, 7) is 1.84. The number of ether oxygens (including phenoxy) is 1. The Labute approximate surface area is 108 Å². The molecule has 0 N–H and O–H groups in total. The molecule has 0 bridgehead atoms. The molecule has 1 aliphatic carbocycles. The Bertz CT molecular complexity index is 495. The molecule has 17 heavy (non-hydrogen) atoms. The van der Waals surface area contributed by atoms with Crippen molar-refractivity contribution >= 4 is 27.7 Å². The van der Waals surface area contributed by atoms with E-state index in [0.717, 1.165) is 10.0 Å². The van der Waals surface area contributed by atoms with Gasteiger partial charge in [0.05, 0.1) is 7.11 Å². The molecule has 0 radical (unpaired) electrons. The topological polar surface area (TPSA) is 43.4 Å². The van der Waals surface area contributed by atoms with E-state index in [1.807, 2.05) is 19.1 Å². The number of carbonyl (C=O) groups is 2. The molecule has 0 amide bonds. The number of hydrogen-bond acceptors (Lipinski definition) is 3. The van der Waals surface area contributed by atoms with Gasteiger partial charge in [-0.25, -0.2) is 0 Å². The van der Waals surface area contributed by atoms with Crippen LogP contribution < -0.4 is 0 Å². The lowest BCUT2D eigenvalue weighted by Gasteiger charge is -2.21. The molecule has 0 spiro atoms. The largest absolute Gasteiger partial charge is 0.468 e. The highest BCUT2D eigenvalue weighted by Gasteiger charge is 2.51. The molecular formula is C13H13BrO3. The van der Waals surface area contributed by atoms with E-state index in [-0.39, 0.29) is 5.78 Å². The zero-order chi connectivity index (χ0) is 12.6. The molecule has 1 aromatic carbocycles. The van der Waals surface area contributed by atoms with E-state index in [9.17, 15) is 9.59 Å². The Hall–Kier alpha value is -1.16. The molecule has 1 unspecified atom stereocenters. The average Bonchev–Trinajstić information content (AvgIpc) is 2.63. The summed E-state index contributed by atoms with van der Waals surface area (Å²) >= 11 is 3.34. The zero-order valence-corrected chi connectivity index (χ0v) is 11.3. The molecule has 2 rings (SSSR count). The van der Waals surface area contributed by atoms with Gasteiger partial charge in [0.25, 0.3) is 0 Å². The Morgan fingerprint density at radius 2 is 2.24 bits per heavy atom. The predicted octanol–water partition coefficient (Wildman–Crippen LogP) is 2.76. The Balaban J connectivity index is 2.52. The number of methoxy groups -OCH3 is 1. The van der Waals surface area contributed by atoms with Crippen molar-refractivity contribution in [2.75, 3.05) is 7.11 Å². The van der Waals surface area contributed by atoms with Crippen LogP contribution in [-0.4, -0.2) is 18.9 Å². The number of ketones is 1. The van der Waals surface area contributed by atoms with Crippen molar-refractivity contribution < 1.29 is 14.3 Å². The number of benzene rings is 1. The number of rotatable bonds is 2. The molecule has 90 valence electrons. The molecule has 4 heteroatoms. The van der Waals surface area contributed by atoms with Crippen LogP contribution in [-0.2, 0) is 16.0 Å². The first-order chi connectivity index (χ1) is 8.05. The zero-order valence-electron chi connectivity index (χ0n) is 9.75. The summed E-state index contributed by atoms with van der Waals surface area (Å²) in [6, 6.07) is 5.55. The maximum absolute atomic E-state index is 12.4. The van der Waals surface area contributed by atoms with E-state index in [4.69, 9.17) is 4.74 Å². The van der Waals surface area contributed by atoms with Crippen molar-refractivity contribution in [3.63, 3.8) is 0 Å². The second kappa shape index (κ2) is 4.26. The number of carbonyl (C=O) groups excluding carboxylic acids is 2. The fraction of sp³-hybridized carbons (Fsp3) is 0.385. The summed E-state index contributed by atoms with van der Waals surface area (Å²) in [4.78, 5) is 24.3. The highest BCUT2D eigenvalue weighted by molar-refractivity contribution is 9.10. The number of fused-ring (bicyclic) bond motifs is 1. The van der Waals surface area contributed by atoms with Gasteiger partial charge in [-0.2, -0.15) is 0 Å². The normalized spacial score (nSPS) is 22.4. The average molecular weight is 297 g/mol. The third kappa shape index (κ3) is 1.71. The first kappa shape index (κ1) is 12.3. The van der Waals surface area contributed by atoms with Gasteiger partial charge in [0.15, 0.2) is 5.78 Å². The lowest BCUT2D eigenvalue weighted by atomic mass is 9.81. The van der Waals surface area contributed by atoms with Crippen molar-refractivity contribution in [2.24, 2.45) is 5.41 Å². The van der Waals surface area contributed by atoms with E-state index in [0.29, 0.717) is 18.4 Å². The summed E-state index contributed by atoms with van der Waals surface area (Å²) in [7, 11) is 1.33. The molecule has 0 aliphatic heterocycles. The van der Waals surface area contributed by atoms with Crippen molar-refractivity contribution in [2.45, 2.75) is 19.8 Å². The van der Waals surface area contributed by atoms with Crippen LogP contribution in [0.5, 0.6) is 0 Å². The van der Waals surface area contributed by atoms with Gasteiger partial charge in [-0.3, -0.25) is 9.59 Å². The van der Waals surface area contributed by atoms with Crippen LogP contribution in [0.25, 0.3) is 0 Å². The summed E-state index contributed by atoms with van der Waals surface area (Å²) in [5.74, 6) is -0.555. The molecule has 0 saturated heterocycles. The lowest BCUT2D eigenvalue weighted by molar-refractivity contribution is -0.149. The van der Waals surface area contributed by atoms with Crippen LogP contribution in [0, 0.1) is 5.41 Å². The Morgan fingerprint density at radius 1 is 1.53 bits per heavy atom. The third-order valence-electron chi connectivity index (χ3n) is 3.42. The Morgan fingerprint density at radius 3 is 2.82 bits per heavy atom. The summed E-state index contributed by atoms with van der Waals surface area (Å²) < 4.78 is 5.64. The van der Waals surface area contributed by atoms with Crippen LogP contribution in [0.3, 0.4) is 0 Å². The van der Waals surface area contributed by atoms with Crippen LogP contribution in [0.1, 0.15) is 29.3 Å². The highest BCUT2D eigenvalue weighted by atomic mass is 79.9. The minimum atomic E-state index is -1.02. The molecule has 1 aromatic rings. The molecule has 0 heterocycles. The fourth-order valence-corrected chi connectivity index (χ4v) is 2.73. The number of Topliss-reactive ketones (excluding diaryl/α,β-unsaturated/α-hetero) is 1. The van der Waals surface area contributed by atoms with Gasteiger partial charge in [0, 0.05) is 10.0 Å². The van der Waals surface area contributed by atoms with Crippen molar-refractivity contribution in [3.05, 3.63) is 33.8 Å². The van der Waals surface area contributed by atoms with Crippen LogP contribution >= 0.6 is 15.9 Å². The maximum atomic E-state index is 12.4. The highest BCUT2D eigenvalue weighted by Crippen LogP contribution is 2.41. The monoisotopic (exact) mass is 296 g/mol. The quantitative estimate of drug-likeness (QED) is 0.623. The van der Waals surface area contributed by atoms with Gasteiger partial charge in [0.2, 0.25) is 0 Å². The summed E-state index contributed by atoms with van der Waals surface area (Å²) in [6.07, 6.45) is 0.905. The lowest BCUT2D eigenvalue weighted by Crippen LogP contribution is -2.37. The number of hydrogen-bond donors (Lipinski definition) is 0. The van der Waals surface area contributed by atoms with Crippen LogP contribution in [0.4, 0.5) is 0 Å². The van der Waals surface area contributed by atoms with Gasteiger partial charge in [-0.05, 0) is 30.5 Å². The molecule has 1 atom stereocenters. The third-order valence-corrected chi connectivity index (χ3v) is 3.92. The molecule has 0 fully saturated rings. The first-order valence-corrected chi connectivity index (χ1v) is 6.26. The van der Waals surface area contributed by atoms with E-state index in [1.165, 1.54) is 7.11 Å². The van der Waals surface area contributed by atoms with Crippen molar-refractivity contribution in [3.8, 4) is 0 Å². The van der Waals surface area contributed by atoms with Gasteiger partial charge in [-0.1, -0.05) is 28.9 Å². The van der Waals surface area contributed by atoms with Gasteiger partial charge in [-0.15, -0.1) is 0 Å². The van der Waals surface area contributed by atoms with Crippen molar-refractivity contribution in [1.82, 2.24) is 0 Å². The number of halogens is 1. The molecule has 0 saturated carbocycles. The van der Waals surface area contributed by atoms with E-state index in [1.54, 1.807) is 6.07 Å². The number of esters is 1. The molecule has 3 nitrogen and oxygen atoms in total. The van der Waals surface area contributed by atoms with E-state index in [2.05, 4.69) is 15.9 Å². The minimum absolute atomic E-state index is 0.122. The molecular weight excluding hydrogens is 284 g/mol. The molecule has 1 aliphatic rings. The van der Waals surface area contributed by atoms with E-state index >= 15 is 0 Å². The summed E-state index contributed by atoms with van der Waals surface area (Å²) in [5.41, 5.74) is 0.537. The maximum Gasteiger partial charge on any atom is 0.320 e. The Kier molecular flexibility index (Phi) is 3.08.